The standard InChI is InChI=1S/C11H9F3O3/c1-6-4-7(2-3-10(15)16)8(12)5-9(6)17-11(13)14/h2-5,11H,1H3,(H,15,16)/b3-2+. The number of halogens is 3. The lowest BCUT2D eigenvalue weighted by Crippen LogP contribution is -2.04. The summed E-state index contributed by atoms with van der Waals surface area (Å²) in [5.74, 6) is -2.33. The van der Waals surface area contributed by atoms with Crippen LogP contribution in [0.25, 0.3) is 6.08 Å². The molecule has 17 heavy (non-hydrogen) atoms. The molecule has 0 aromatic heterocycles. The maximum Gasteiger partial charge on any atom is 0.387 e. The van der Waals surface area contributed by atoms with Crippen LogP contribution in [0.3, 0.4) is 0 Å². The SMILES string of the molecule is Cc1cc(/C=C/C(=O)O)c(F)cc1OC(F)F. The summed E-state index contributed by atoms with van der Waals surface area (Å²) >= 11 is 0. The lowest BCUT2D eigenvalue weighted by Gasteiger charge is -2.09. The van der Waals surface area contributed by atoms with Gasteiger partial charge in [0.05, 0.1) is 0 Å². The minimum absolute atomic E-state index is 0.00786. The van der Waals surface area contributed by atoms with Gasteiger partial charge in [-0.3, -0.25) is 0 Å². The highest BCUT2D eigenvalue weighted by molar-refractivity contribution is 5.85. The molecule has 0 amide bonds. The Morgan fingerprint density at radius 3 is 2.65 bits per heavy atom. The molecule has 1 aromatic rings. The number of ether oxygens (including phenoxy) is 1. The van der Waals surface area contributed by atoms with E-state index in [1.54, 1.807) is 0 Å². The van der Waals surface area contributed by atoms with Crippen molar-refractivity contribution in [1.82, 2.24) is 0 Å². The highest BCUT2D eigenvalue weighted by Gasteiger charge is 2.11. The van der Waals surface area contributed by atoms with E-state index < -0.39 is 18.4 Å². The third-order valence-corrected chi connectivity index (χ3v) is 1.92. The van der Waals surface area contributed by atoms with Gasteiger partial charge in [0, 0.05) is 17.7 Å². The van der Waals surface area contributed by atoms with Crippen molar-refractivity contribution in [2.45, 2.75) is 13.5 Å². The number of carbonyl (C=O) groups is 1. The van der Waals surface area contributed by atoms with Crippen LogP contribution in [0.4, 0.5) is 13.2 Å². The van der Waals surface area contributed by atoms with E-state index in [2.05, 4.69) is 4.74 Å². The fourth-order valence-corrected chi connectivity index (χ4v) is 1.20. The van der Waals surface area contributed by atoms with Gasteiger partial charge in [-0.1, -0.05) is 0 Å². The zero-order chi connectivity index (χ0) is 13.0. The lowest BCUT2D eigenvalue weighted by atomic mass is 10.1. The number of carboxylic acid groups (broad SMARTS) is 1. The third-order valence-electron chi connectivity index (χ3n) is 1.92. The molecule has 6 heteroatoms. The second-order valence-electron chi connectivity index (χ2n) is 3.19. The van der Waals surface area contributed by atoms with Gasteiger partial charge in [-0.05, 0) is 24.6 Å². The first-order valence-corrected chi connectivity index (χ1v) is 4.56. The molecule has 0 unspecified atom stereocenters. The molecule has 0 bridgehead atoms. The Hall–Kier alpha value is -1.98. The number of hydrogen-bond acceptors (Lipinski definition) is 2. The van der Waals surface area contributed by atoms with E-state index in [1.165, 1.54) is 13.0 Å². The molecule has 3 nitrogen and oxygen atoms in total. The molecular weight excluding hydrogens is 237 g/mol. The molecule has 1 N–H and O–H groups in total. The zero-order valence-electron chi connectivity index (χ0n) is 8.78. The Bertz CT molecular complexity index is 456. The van der Waals surface area contributed by atoms with Crippen molar-refractivity contribution in [3.05, 3.63) is 35.2 Å². The Labute approximate surface area is 95.1 Å². The van der Waals surface area contributed by atoms with E-state index in [4.69, 9.17) is 5.11 Å². The number of hydrogen-bond donors (Lipinski definition) is 1. The van der Waals surface area contributed by atoms with Crippen LogP contribution in [0.2, 0.25) is 0 Å². The molecule has 0 heterocycles. The molecule has 0 aliphatic carbocycles. The first-order chi connectivity index (χ1) is 7.90. The van der Waals surface area contributed by atoms with E-state index in [-0.39, 0.29) is 16.9 Å². The highest BCUT2D eigenvalue weighted by atomic mass is 19.3. The maximum atomic E-state index is 13.4. The molecular formula is C11H9F3O3. The Kier molecular flexibility index (Phi) is 4.14. The molecule has 92 valence electrons. The Morgan fingerprint density at radius 2 is 2.12 bits per heavy atom. The van der Waals surface area contributed by atoms with Crippen molar-refractivity contribution in [2.24, 2.45) is 0 Å². The van der Waals surface area contributed by atoms with Crippen LogP contribution < -0.4 is 4.74 Å². The maximum absolute atomic E-state index is 13.4. The summed E-state index contributed by atoms with van der Waals surface area (Å²) < 4.78 is 41.4. The zero-order valence-corrected chi connectivity index (χ0v) is 8.78. The molecule has 0 aliphatic heterocycles. The fourth-order valence-electron chi connectivity index (χ4n) is 1.20. The van der Waals surface area contributed by atoms with Crippen LogP contribution in [0.1, 0.15) is 11.1 Å². The number of aliphatic carboxylic acids is 1. The van der Waals surface area contributed by atoms with Gasteiger partial charge < -0.3 is 9.84 Å². The molecule has 0 spiro atoms. The smallest absolute Gasteiger partial charge is 0.387 e. The number of carboxylic acids is 1. The molecule has 0 fully saturated rings. The molecule has 1 rings (SSSR count). The van der Waals surface area contributed by atoms with Crippen LogP contribution in [0, 0.1) is 12.7 Å². The van der Waals surface area contributed by atoms with Crippen LogP contribution in [-0.4, -0.2) is 17.7 Å². The van der Waals surface area contributed by atoms with Crippen molar-refractivity contribution < 1.29 is 27.8 Å². The van der Waals surface area contributed by atoms with Crippen LogP contribution >= 0.6 is 0 Å². The van der Waals surface area contributed by atoms with Crippen molar-refractivity contribution in [1.29, 1.82) is 0 Å². The summed E-state index contributed by atoms with van der Waals surface area (Å²) in [6.45, 7) is -1.58. The summed E-state index contributed by atoms with van der Waals surface area (Å²) in [6, 6.07) is 2.02. The second kappa shape index (κ2) is 5.38. The number of benzene rings is 1. The predicted octanol–water partition coefficient (Wildman–Crippen LogP) is 2.83. The van der Waals surface area contributed by atoms with Gasteiger partial charge >= 0.3 is 12.6 Å². The van der Waals surface area contributed by atoms with Gasteiger partial charge in [-0.25, -0.2) is 9.18 Å². The monoisotopic (exact) mass is 246 g/mol. The quantitative estimate of drug-likeness (QED) is 0.831. The van der Waals surface area contributed by atoms with E-state index in [0.717, 1.165) is 18.2 Å². The van der Waals surface area contributed by atoms with Gasteiger partial charge in [-0.15, -0.1) is 0 Å². The molecule has 0 aliphatic rings. The molecule has 0 saturated heterocycles. The average Bonchev–Trinajstić information content (AvgIpc) is 2.20. The average molecular weight is 246 g/mol. The van der Waals surface area contributed by atoms with Gasteiger partial charge in [0.1, 0.15) is 11.6 Å². The lowest BCUT2D eigenvalue weighted by molar-refractivity contribution is -0.131. The molecule has 0 atom stereocenters. The molecule has 0 radical (unpaired) electrons. The highest BCUT2D eigenvalue weighted by Crippen LogP contribution is 2.24. The van der Waals surface area contributed by atoms with E-state index >= 15 is 0 Å². The first kappa shape index (κ1) is 13.1. The Balaban J connectivity index is 3.05. The largest absolute Gasteiger partial charge is 0.478 e. The number of alkyl halides is 2. The predicted molar refractivity (Wildman–Crippen MR) is 54.4 cm³/mol. The van der Waals surface area contributed by atoms with Gasteiger partial charge in [0.25, 0.3) is 0 Å². The van der Waals surface area contributed by atoms with Gasteiger partial charge in [-0.2, -0.15) is 8.78 Å². The second-order valence-corrected chi connectivity index (χ2v) is 3.19. The topological polar surface area (TPSA) is 46.5 Å². The van der Waals surface area contributed by atoms with Crippen molar-refractivity contribution in [2.75, 3.05) is 0 Å². The van der Waals surface area contributed by atoms with E-state index in [9.17, 15) is 18.0 Å². The minimum Gasteiger partial charge on any atom is -0.478 e. The minimum atomic E-state index is -3.03. The van der Waals surface area contributed by atoms with Crippen molar-refractivity contribution >= 4 is 12.0 Å². The number of rotatable bonds is 4. The normalized spacial score (nSPS) is 11.1. The summed E-state index contributed by atoms with van der Waals surface area (Å²) in [5.41, 5.74) is 0.281. The fraction of sp³-hybridized carbons (Fsp3) is 0.182. The number of aryl methyl sites for hydroxylation is 1. The summed E-state index contributed by atoms with van der Waals surface area (Å²) in [4.78, 5) is 10.2. The van der Waals surface area contributed by atoms with Crippen molar-refractivity contribution in [3.8, 4) is 5.75 Å². The van der Waals surface area contributed by atoms with Crippen LogP contribution in [0.5, 0.6) is 5.75 Å². The molecule has 1 aromatic carbocycles. The Morgan fingerprint density at radius 1 is 1.47 bits per heavy atom. The van der Waals surface area contributed by atoms with Crippen molar-refractivity contribution in [3.63, 3.8) is 0 Å². The van der Waals surface area contributed by atoms with Gasteiger partial charge in [0.2, 0.25) is 0 Å². The van der Waals surface area contributed by atoms with Crippen LogP contribution in [0.15, 0.2) is 18.2 Å². The first-order valence-electron chi connectivity index (χ1n) is 4.56. The van der Waals surface area contributed by atoms with E-state index in [0.29, 0.717) is 0 Å². The van der Waals surface area contributed by atoms with E-state index in [1.807, 2.05) is 0 Å². The summed E-state index contributed by atoms with van der Waals surface area (Å²) in [5, 5.41) is 8.38. The van der Waals surface area contributed by atoms with Crippen LogP contribution in [-0.2, 0) is 4.79 Å². The molecule has 0 saturated carbocycles. The van der Waals surface area contributed by atoms with Gasteiger partial charge in [0.15, 0.2) is 0 Å². The summed E-state index contributed by atoms with van der Waals surface area (Å²) in [6.07, 6.45) is 1.79. The summed E-state index contributed by atoms with van der Waals surface area (Å²) in [7, 11) is 0. The third kappa shape index (κ3) is 3.82.